The number of amides is 1. The first-order valence-corrected chi connectivity index (χ1v) is 11.6. The van der Waals surface area contributed by atoms with Crippen LogP contribution >= 0.6 is 0 Å². The quantitative estimate of drug-likeness (QED) is 0.219. The molecule has 1 amide bonds. The number of nitrogens with two attached hydrogens (primary N) is 2. The lowest BCUT2D eigenvalue weighted by molar-refractivity contribution is -0.146. The van der Waals surface area contributed by atoms with E-state index in [9.17, 15) is 19.5 Å². The van der Waals surface area contributed by atoms with Crippen LogP contribution in [-0.4, -0.2) is 45.6 Å². The van der Waals surface area contributed by atoms with Gasteiger partial charge in [0.05, 0.1) is 12.3 Å². The van der Waals surface area contributed by atoms with E-state index in [1.54, 1.807) is 29.2 Å². The molecule has 2 unspecified atom stereocenters. The molecular formula is C28H28N4O4. The van der Waals surface area contributed by atoms with Gasteiger partial charge in [-0.3, -0.25) is 19.8 Å². The number of nitrogens with one attached hydrogen (secondary N) is 1. The summed E-state index contributed by atoms with van der Waals surface area (Å²) in [5.41, 5.74) is 13.2. The van der Waals surface area contributed by atoms with E-state index in [4.69, 9.17) is 16.9 Å². The second kappa shape index (κ2) is 10.1. The predicted molar refractivity (Wildman–Crippen MR) is 136 cm³/mol. The Hall–Kier alpha value is -4.30. The molecule has 3 aromatic rings. The van der Waals surface area contributed by atoms with Crippen LogP contribution in [0.5, 0.6) is 0 Å². The number of aliphatic carboxylic acids is 1. The number of fused-ring (bicyclic) bond motifs is 1. The highest BCUT2D eigenvalue weighted by atomic mass is 16.4. The van der Waals surface area contributed by atoms with Gasteiger partial charge in [-0.2, -0.15) is 0 Å². The minimum atomic E-state index is -1.99. The first-order valence-electron chi connectivity index (χ1n) is 11.6. The van der Waals surface area contributed by atoms with Gasteiger partial charge in [-0.05, 0) is 23.1 Å². The molecule has 1 aliphatic rings. The van der Waals surface area contributed by atoms with E-state index in [-0.39, 0.29) is 17.9 Å². The van der Waals surface area contributed by atoms with Crippen LogP contribution in [-0.2, 0) is 22.6 Å². The summed E-state index contributed by atoms with van der Waals surface area (Å²) in [5, 5.41) is 17.3. The molecule has 1 aliphatic heterocycles. The fourth-order valence-electron chi connectivity index (χ4n) is 4.81. The normalized spacial score (nSPS) is 19.3. The van der Waals surface area contributed by atoms with Crippen molar-refractivity contribution in [1.29, 1.82) is 5.41 Å². The summed E-state index contributed by atoms with van der Waals surface area (Å²) in [5.74, 6) is -3.65. The van der Waals surface area contributed by atoms with E-state index >= 15 is 0 Å². The molecule has 0 saturated carbocycles. The van der Waals surface area contributed by atoms with Gasteiger partial charge in [-0.15, -0.1) is 0 Å². The Labute approximate surface area is 209 Å². The maximum Gasteiger partial charge on any atom is 0.305 e. The maximum atomic E-state index is 13.9. The van der Waals surface area contributed by atoms with Crippen molar-refractivity contribution in [3.63, 3.8) is 0 Å². The van der Waals surface area contributed by atoms with Crippen LogP contribution < -0.4 is 11.5 Å². The van der Waals surface area contributed by atoms with E-state index in [0.29, 0.717) is 24.1 Å². The number of hydrogen-bond acceptors (Lipinski definition) is 5. The second-order valence-corrected chi connectivity index (χ2v) is 9.06. The van der Waals surface area contributed by atoms with Crippen molar-refractivity contribution in [2.24, 2.45) is 11.5 Å². The van der Waals surface area contributed by atoms with Crippen molar-refractivity contribution < 1.29 is 19.5 Å². The average Bonchev–Trinajstić information content (AvgIpc) is 2.95. The Bertz CT molecular complexity index is 1310. The fraction of sp³-hybridized carbons (Fsp3) is 0.214. The highest BCUT2D eigenvalue weighted by Gasteiger charge is 2.52. The molecule has 0 aliphatic carbocycles. The third kappa shape index (κ3) is 4.89. The van der Waals surface area contributed by atoms with Gasteiger partial charge in [0.2, 0.25) is 5.91 Å². The molecule has 0 aromatic heterocycles. The molecule has 8 nitrogen and oxygen atoms in total. The monoisotopic (exact) mass is 484 g/mol. The van der Waals surface area contributed by atoms with E-state index in [1.807, 2.05) is 42.5 Å². The number of carboxylic acid groups (broad SMARTS) is 1. The zero-order valence-electron chi connectivity index (χ0n) is 19.7. The Morgan fingerprint density at radius 3 is 2.22 bits per heavy atom. The summed E-state index contributed by atoms with van der Waals surface area (Å²) < 4.78 is 0. The predicted octanol–water partition coefficient (Wildman–Crippen LogP) is 2.69. The third-order valence-electron chi connectivity index (χ3n) is 6.63. The summed E-state index contributed by atoms with van der Waals surface area (Å²) in [6.45, 7) is 0.539. The Morgan fingerprint density at radius 1 is 0.972 bits per heavy atom. The minimum Gasteiger partial charge on any atom is -0.481 e. The SMILES string of the molecule is N=C(N)c1ccc(C(=O)C2c3ccccc3CN(CCc3ccccc3)C(=O)C2(N)CC(=O)O)cc1. The van der Waals surface area contributed by atoms with Crippen LogP contribution in [0.3, 0.4) is 0 Å². The molecular weight excluding hydrogens is 456 g/mol. The van der Waals surface area contributed by atoms with Gasteiger partial charge in [0.25, 0.3) is 0 Å². The molecule has 36 heavy (non-hydrogen) atoms. The van der Waals surface area contributed by atoms with Crippen LogP contribution in [0.2, 0.25) is 0 Å². The lowest BCUT2D eigenvalue weighted by Crippen LogP contribution is -2.60. The molecule has 0 fully saturated rings. The summed E-state index contributed by atoms with van der Waals surface area (Å²) in [4.78, 5) is 41.3. The highest BCUT2D eigenvalue weighted by molar-refractivity contribution is 6.08. The molecule has 3 aromatic carbocycles. The molecule has 1 heterocycles. The number of hydrogen-bond donors (Lipinski definition) is 4. The van der Waals surface area contributed by atoms with Crippen molar-refractivity contribution in [2.45, 2.75) is 30.8 Å². The molecule has 0 radical (unpaired) electrons. The van der Waals surface area contributed by atoms with Crippen molar-refractivity contribution in [1.82, 2.24) is 4.90 Å². The molecule has 0 bridgehead atoms. The van der Waals surface area contributed by atoms with Gasteiger partial charge in [-0.25, -0.2) is 0 Å². The van der Waals surface area contributed by atoms with Crippen molar-refractivity contribution in [3.05, 3.63) is 107 Å². The van der Waals surface area contributed by atoms with Crippen molar-refractivity contribution >= 4 is 23.5 Å². The molecule has 2 atom stereocenters. The van der Waals surface area contributed by atoms with Crippen molar-refractivity contribution in [3.8, 4) is 0 Å². The average molecular weight is 485 g/mol. The summed E-state index contributed by atoms with van der Waals surface area (Å²) in [6, 6.07) is 22.9. The Balaban J connectivity index is 1.79. The summed E-state index contributed by atoms with van der Waals surface area (Å²) in [7, 11) is 0. The second-order valence-electron chi connectivity index (χ2n) is 9.06. The number of benzene rings is 3. The van der Waals surface area contributed by atoms with Crippen LogP contribution in [0.25, 0.3) is 0 Å². The minimum absolute atomic E-state index is 0.142. The van der Waals surface area contributed by atoms with Crippen molar-refractivity contribution in [2.75, 3.05) is 6.54 Å². The zero-order valence-corrected chi connectivity index (χ0v) is 19.7. The van der Waals surface area contributed by atoms with E-state index < -0.39 is 35.5 Å². The van der Waals surface area contributed by atoms with Gasteiger partial charge in [0.1, 0.15) is 11.4 Å². The van der Waals surface area contributed by atoms with Crippen LogP contribution in [0.4, 0.5) is 0 Å². The number of carboxylic acids is 1. The first-order chi connectivity index (χ1) is 17.2. The topological polar surface area (TPSA) is 151 Å². The van der Waals surface area contributed by atoms with E-state index in [2.05, 4.69) is 0 Å². The number of ketones is 1. The number of nitrogens with zero attached hydrogens (tertiary/aromatic N) is 1. The number of carbonyl (C=O) groups excluding carboxylic acids is 2. The van der Waals surface area contributed by atoms with Gasteiger partial charge < -0.3 is 21.5 Å². The van der Waals surface area contributed by atoms with E-state index in [0.717, 1.165) is 11.1 Å². The number of carbonyl (C=O) groups is 3. The number of Topliss-reactive ketones (excluding diaryl/α,β-unsaturated/α-hetero) is 1. The smallest absolute Gasteiger partial charge is 0.305 e. The largest absolute Gasteiger partial charge is 0.481 e. The zero-order chi connectivity index (χ0) is 25.9. The molecule has 8 heteroatoms. The summed E-state index contributed by atoms with van der Waals surface area (Å²) >= 11 is 0. The van der Waals surface area contributed by atoms with Crippen LogP contribution in [0.1, 0.15) is 45.0 Å². The lowest BCUT2D eigenvalue weighted by Gasteiger charge is -2.35. The molecule has 4 rings (SSSR count). The lowest BCUT2D eigenvalue weighted by atomic mass is 9.72. The van der Waals surface area contributed by atoms with Gasteiger partial charge in [-0.1, -0.05) is 78.9 Å². The van der Waals surface area contributed by atoms with Gasteiger partial charge in [0.15, 0.2) is 5.78 Å². The summed E-state index contributed by atoms with van der Waals surface area (Å²) in [6.07, 6.45) is -0.146. The first kappa shape index (κ1) is 24.8. The van der Waals surface area contributed by atoms with Crippen LogP contribution in [0, 0.1) is 5.41 Å². The Morgan fingerprint density at radius 2 is 1.58 bits per heavy atom. The van der Waals surface area contributed by atoms with Gasteiger partial charge in [0, 0.05) is 24.2 Å². The number of nitrogen functional groups attached to an aromatic ring is 1. The highest BCUT2D eigenvalue weighted by Crippen LogP contribution is 2.39. The molecule has 6 N–H and O–H groups in total. The fourth-order valence-corrected chi connectivity index (χ4v) is 4.81. The molecule has 0 saturated heterocycles. The van der Waals surface area contributed by atoms with Crippen LogP contribution in [0.15, 0.2) is 78.9 Å². The molecule has 184 valence electrons. The molecule has 0 spiro atoms. The standard InChI is InChI=1S/C28H28N4O4/c29-26(30)20-12-10-19(11-13-20)25(35)24-22-9-5-4-8-21(22)17-32(15-14-18-6-2-1-3-7-18)27(36)28(24,31)16-23(33)34/h1-13,24H,14-17,31H2,(H3,29,30)(H,33,34). The van der Waals surface area contributed by atoms with Gasteiger partial charge >= 0.3 is 5.97 Å². The maximum absolute atomic E-state index is 13.9. The Kier molecular flexibility index (Phi) is 6.98. The number of amidine groups is 1. The third-order valence-corrected chi connectivity index (χ3v) is 6.63. The number of rotatable bonds is 8. The van der Waals surface area contributed by atoms with E-state index in [1.165, 1.54) is 12.1 Å².